The number of hydrogen-bond acceptors (Lipinski definition) is 2. The maximum Gasteiger partial charge on any atom is 0.0366 e. The lowest BCUT2D eigenvalue weighted by atomic mass is 9.91. The zero-order valence-corrected chi connectivity index (χ0v) is 10.9. The summed E-state index contributed by atoms with van der Waals surface area (Å²) in [5, 5.41) is 2.51. The summed E-state index contributed by atoms with van der Waals surface area (Å²) in [6.45, 7) is 0.960. The molecule has 0 aromatic heterocycles. The summed E-state index contributed by atoms with van der Waals surface area (Å²) in [6.07, 6.45) is 4.05. The van der Waals surface area contributed by atoms with E-state index in [1.807, 2.05) is 0 Å². The molecule has 0 radical (unpaired) electrons. The van der Waals surface area contributed by atoms with Crippen LogP contribution in [0.4, 0.5) is 5.69 Å². The molecule has 0 heterocycles. The standard InChI is InChI=1S/C16H20N2/c1-18(15-7-4-8-15)11-14-9-12-5-2-3-6-13(12)10-16(14)17/h2-3,5-6,9-10,15H,4,7-8,11,17H2,1H3. The maximum atomic E-state index is 6.17. The fourth-order valence-corrected chi connectivity index (χ4v) is 2.67. The van der Waals surface area contributed by atoms with Crippen molar-refractivity contribution in [2.24, 2.45) is 0 Å². The molecule has 2 nitrogen and oxygen atoms in total. The van der Waals surface area contributed by atoms with Gasteiger partial charge in [0, 0.05) is 18.3 Å². The van der Waals surface area contributed by atoms with Crippen molar-refractivity contribution < 1.29 is 0 Å². The molecule has 3 rings (SSSR count). The predicted molar refractivity (Wildman–Crippen MR) is 77.5 cm³/mol. The van der Waals surface area contributed by atoms with E-state index < -0.39 is 0 Å². The molecule has 0 aliphatic heterocycles. The number of anilines is 1. The van der Waals surface area contributed by atoms with E-state index in [1.165, 1.54) is 35.6 Å². The van der Waals surface area contributed by atoms with Gasteiger partial charge < -0.3 is 5.73 Å². The minimum Gasteiger partial charge on any atom is -0.398 e. The molecule has 0 atom stereocenters. The Kier molecular flexibility index (Phi) is 2.96. The molecule has 94 valence electrons. The minimum absolute atomic E-state index is 0.760. The van der Waals surface area contributed by atoms with Crippen LogP contribution in [-0.4, -0.2) is 18.0 Å². The Morgan fingerprint density at radius 1 is 1.17 bits per heavy atom. The second-order valence-electron chi connectivity index (χ2n) is 5.40. The smallest absolute Gasteiger partial charge is 0.0366 e. The van der Waals surface area contributed by atoms with Gasteiger partial charge in [-0.1, -0.05) is 30.7 Å². The molecule has 2 aromatic carbocycles. The number of rotatable bonds is 3. The molecular formula is C16H20N2. The molecule has 1 saturated carbocycles. The van der Waals surface area contributed by atoms with Crippen molar-refractivity contribution in [2.75, 3.05) is 12.8 Å². The Bertz CT molecular complexity index is 558. The molecule has 0 spiro atoms. The van der Waals surface area contributed by atoms with E-state index in [0.717, 1.165) is 18.3 Å². The van der Waals surface area contributed by atoms with Gasteiger partial charge in [0.15, 0.2) is 0 Å². The number of nitrogen functional groups attached to an aromatic ring is 1. The summed E-state index contributed by atoms with van der Waals surface area (Å²) < 4.78 is 0. The van der Waals surface area contributed by atoms with Crippen molar-refractivity contribution in [2.45, 2.75) is 31.8 Å². The van der Waals surface area contributed by atoms with Gasteiger partial charge in [-0.2, -0.15) is 0 Å². The lowest BCUT2D eigenvalue weighted by Crippen LogP contribution is -2.36. The summed E-state index contributed by atoms with van der Waals surface area (Å²) in [5.74, 6) is 0. The summed E-state index contributed by atoms with van der Waals surface area (Å²) in [7, 11) is 2.21. The van der Waals surface area contributed by atoms with Gasteiger partial charge in [-0.3, -0.25) is 4.90 Å². The Balaban J connectivity index is 1.88. The zero-order valence-electron chi connectivity index (χ0n) is 10.9. The Labute approximate surface area is 108 Å². The van der Waals surface area contributed by atoms with Crippen molar-refractivity contribution in [3.8, 4) is 0 Å². The molecule has 1 aliphatic rings. The molecule has 0 amide bonds. The number of nitrogens with zero attached hydrogens (tertiary/aromatic N) is 1. The van der Waals surface area contributed by atoms with Crippen molar-refractivity contribution in [3.63, 3.8) is 0 Å². The average molecular weight is 240 g/mol. The highest BCUT2D eigenvalue weighted by Crippen LogP contribution is 2.27. The SMILES string of the molecule is CN(Cc1cc2ccccc2cc1N)C1CCC1. The number of fused-ring (bicyclic) bond motifs is 1. The molecule has 1 aliphatic carbocycles. The molecule has 0 saturated heterocycles. The second-order valence-corrected chi connectivity index (χ2v) is 5.40. The minimum atomic E-state index is 0.760. The van der Waals surface area contributed by atoms with E-state index in [9.17, 15) is 0 Å². The number of hydrogen-bond donors (Lipinski definition) is 1. The highest BCUT2D eigenvalue weighted by molar-refractivity contribution is 5.86. The van der Waals surface area contributed by atoms with Crippen LogP contribution in [0.25, 0.3) is 10.8 Å². The average Bonchev–Trinajstić information content (AvgIpc) is 2.27. The van der Waals surface area contributed by atoms with Crippen LogP contribution in [0.3, 0.4) is 0 Å². The Hall–Kier alpha value is -1.54. The zero-order chi connectivity index (χ0) is 12.5. The molecule has 0 bridgehead atoms. The van der Waals surface area contributed by atoms with Crippen LogP contribution in [0.1, 0.15) is 24.8 Å². The van der Waals surface area contributed by atoms with E-state index in [2.05, 4.69) is 48.3 Å². The lowest BCUT2D eigenvalue weighted by molar-refractivity contribution is 0.153. The van der Waals surface area contributed by atoms with Crippen molar-refractivity contribution in [1.29, 1.82) is 0 Å². The normalized spacial score (nSPS) is 16.1. The second kappa shape index (κ2) is 4.62. The highest BCUT2D eigenvalue weighted by atomic mass is 15.1. The fourth-order valence-electron chi connectivity index (χ4n) is 2.67. The van der Waals surface area contributed by atoms with Crippen LogP contribution in [0.5, 0.6) is 0 Å². The van der Waals surface area contributed by atoms with E-state index in [1.54, 1.807) is 0 Å². The predicted octanol–water partition coefficient (Wildman–Crippen LogP) is 3.41. The van der Waals surface area contributed by atoms with Gasteiger partial charge >= 0.3 is 0 Å². The van der Waals surface area contributed by atoms with Crippen LogP contribution in [0.2, 0.25) is 0 Å². The Morgan fingerprint density at radius 2 is 1.83 bits per heavy atom. The Morgan fingerprint density at radius 3 is 2.44 bits per heavy atom. The van der Waals surface area contributed by atoms with Crippen LogP contribution in [0, 0.1) is 0 Å². The van der Waals surface area contributed by atoms with Crippen LogP contribution < -0.4 is 5.73 Å². The lowest BCUT2D eigenvalue weighted by Gasteiger charge is -2.35. The van der Waals surface area contributed by atoms with Crippen molar-refractivity contribution >= 4 is 16.5 Å². The summed E-state index contributed by atoms with van der Waals surface area (Å²) in [6, 6.07) is 13.5. The van der Waals surface area contributed by atoms with Gasteiger partial charge in [0.2, 0.25) is 0 Å². The van der Waals surface area contributed by atoms with Gasteiger partial charge in [-0.15, -0.1) is 0 Å². The first-order valence-corrected chi connectivity index (χ1v) is 6.71. The van der Waals surface area contributed by atoms with Gasteiger partial charge in [-0.25, -0.2) is 0 Å². The monoisotopic (exact) mass is 240 g/mol. The number of nitrogens with two attached hydrogens (primary N) is 1. The van der Waals surface area contributed by atoms with Gasteiger partial charge in [0.05, 0.1) is 0 Å². The molecule has 1 fully saturated rings. The largest absolute Gasteiger partial charge is 0.398 e. The van der Waals surface area contributed by atoms with E-state index in [0.29, 0.717) is 0 Å². The van der Waals surface area contributed by atoms with Gasteiger partial charge in [0.25, 0.3) is 0 Å². The molecule has 2 heteroatoms. The third-order valence-corrected chi connectivity index (χ3v) is 4.13. The van der Waals surface area contributed by atoms with E-state index in [-0.39, 0.29) is 0 Å². The highest BCUT2D eigenvalue weighted by Gasteiger charge is 2.22. The first-order valence-electron chi connectivity index (χ1n) is 6.71. The molecule has 2 aromatic rings. The summed E-state index contributed by atoms with van der Waals surface area (Å²) in [4.78, 5) is 2.43. The van der Waals surface area contributed by atoms with Crippen LogP contribution in [0.15, 0.2) is 36.4 Å². The molecule has 0 unspecified atom stereocenters. The van der Waals surface area contributed by atoms with Gasteiger partial charge in [-0.05, 0) is 48.4 Å². The quantitative estimate of drug-likeness (QED) is 0.833. The van der Waals surface area contributed by atoms with Crippen LogP contribution in [-0.2, 0) is 6.54 Å². The summed E-state index contributed by atoms with van der Waals surface area (Å²) >= 11 is 0. The maximum absolute atomic E-state index is 6.17. The molecule has 2 N–H and O–H groups in total. The third-order valence-electron chi connectivity index (χ3n) is 4.13. The van der Waals surface area contributed by atoms with Crippen molar-refractivity contribution in [1.82, 2.24) is 4.90 Å². The van der Waals surface area contributed by atoms with Gasteiger partial charge in [0.1, 0.15) is 0 Å². The molecular weight excluding hydrogens is 220 g/mol. The third kappa shape index (κ3) is 2.08. The van der Waals surface area contributed by atoms with E-state index >= 15 is 0 Å². The fraction of sp³-hybridized carbons (Fsp3) is 0.375. The van der Waals surface area contributed by atoms with E-state index in [4.69, 9.17) is 5.73 Å². The van der Waals surface area contributed by atoms with Crippen molar-refractivity contribution in [3.05, 3.63) is 42.0 Å². The first kappa shape index (κ1) is 11.5. The number of benzene rings is 2. The summed E-state index contributed by atoms with van der Waals surface area (Å²) in [5.41, 5.74) is 8.34. The topological polar surface area (TPSA) is 29.3 Å². The molecule has 18 heavy (non-hydrogen) atoms. The van der Waals surface area contributed by atoms with Crippen LogP contribution >= 0.6 is 0 Å². The first-order chi connectivity index (χ1) is 8.74.